The summed E-state index contributed by atoms with van der Waals surface area (Å²) in [4.78, 5) is 14.5. The van der Waals surface area contributed by atoms with E-state index in [1.807, 2.05) is 17.0 Å². The lowest BCUT2D eigenvalue weighted by Crippen LogP contribution is -2.37. The maximum Gasteiger partial charge on any atom is 0.225 e. The third-order valence-corrected chi connectivity index (χ3v) is 4.80. The van der Waals surface area contributed by atoms with E-state index in [1.165, 1.54) is 11.8 Å². The van der Waals surface area contributed by atoms with Crippen molar-refractivity contribution in [2.24, 2.45) is 5.92 Å². The number of hydrogen-bond donors (Lipinski definition) is 1. The van der Waals surface area contributed by atoms with Crippen molar-refractivity contribution in [2.75, 3.05) is 49.7 Å². The Bertz CT molecular complexity index is 727. The molecule has 0 spiro atoms. The molecule has 0 aromatic carbocycles. The minimum Gasteiger partial charge on any atom is -0.379 e. The molecule has 0 aliphatic carbocycles. The standard InChI is InChI=1S/C18H22FN5O2/c19-15-10-21-18(23-17(15)24-5-7-25-8-6-24)22-16-12-26-11-14(16)9-13-1-3-20-4-2-13/h1-4,10,14,16H,5-9,11-12H2,(H,21,22,23)/t14-,16-/m1/s1. The molecule has 2 aliphatic heterocycles. The van der Waals surface area contributed by atoms with Gasteiger partial charge in [-0.25, -0.2) is 9.37 Å². The fourth-order valence-electron chi connectivity index (χ4n) is 3.37. The Morgan fingerprint density at radius 1 is 1.15 bits per heavy atom. The molecule has 8 heteroatoms. The van der Waals surface area contributed by atoms with Crippen LogP contribution in [0.2, 0.25) is 0 Å². The molecule has 0 amide bonds. The van der Waals surface area contributed by atoms with Gasteiger partial charge in [-0.2, -0.15) is 4.98 Å². The number of halogens is 1. The lowest BCUT2D eigenvalue weighted by molar-refractivity contribution is 0.122. The number of rotatable bonds is 5. The lowest BCUT2D eigenvalue weighted by Gasteiger charge is -2.28. The van der Waals surface area contributed by atoms with Gasteiger partial charge in [-0.05, 0) is 24.1 Å². The Kier molecular flexibility index (Phi) is 5.21. The van der Waals surface area contributed by atoms with E-state index in [1.54, 1.807) is 12.4 Å². The van der Waals surface area contributed by atoms with Crippen LogP contribution in [0.15, 0.2) is 30.7 Å². The zero-order valence-corrected chi connectivity index (χ0v) is 14.5. The van der Waals surface area contributed by atoms with Gasteiger partial charge in [0, 0.05) is 31.4 Å². The van der Waals surface area contributed by atoms with Gasteiger partial charge >= 0.3 is 0 Å². The fourth-order valence-corrected chi connectivity index (χ4v) is 3.37. The molecule has 4 rings (SSSR count). The molecule has 0 radical (unpaired) electrons. The topological polar surface area (TPSA) is 72.4 Å². The summed E-state index contributed by atoms with van der Waals surface area (Å²) >= 11 is 0. The van der Waals surface area contributed by atoms with E-state index in [4.69, 9.17) is 9.47 Å². The van der Waals surface area contributed by atoms with Gasteiger partial charge in [-0.3, -0.25) is 4.98 Å². The van der Waals surface area contributed by atoms with E-state index >= 15 is 0 Å². The van der Waals surface area contributed by atoms with Crippen molar-refractivity contribution >= 4 is 11.8 Å². The number of pyridine rings is 1. The minimum absolute atomic E-state index is 0.0890. The zero-order valence-electron chi connectivity index (χ0n) is 14.5. The highest BCUT2D eigenvalue weighted by molar-refractivity contribution is 5.44. The number of ether oxygens (including phenoxy) is 2. The Morgan fingerprint density at radius 3 is 2.77 bits per heavy atom. The molecule has 138 valence electrons. The van der Waals surface area contributed by atoms with Crippen LogP contribution in [0.3, 0.4) is 0 Å². The third kappa shape index (κ3) is 3.91. The molecule has 7 nitrogen and oxygen atoms in total. The highest BCUT2D eigenvalue weighted by Crippen LogP contribution is 2.23. The second kappa shape index (κ2) is 7.92. The van der Waals surface area contributed by atoms with Crippen molar-refractivity contribution in [1.82, 2.24) is 15.0 Å². The number of hydrogen-bond acceptors (Lipinski definition) is 7. The van der Waals surface area contributed by atoms with Gasteiger partial charge in [0.1, 0.15) is 0 Å². The van der Waals surface area contributed by atoms with E-state index in [0.29, 0.717) is 57.2 Å². The Hall–Kier alpha value is -2.32. The smallest absolute Gasteiger partial charge is 0.225 e. The van der Waals surface area contributed by atoms with Crippen LogP contribution >= 0.6 is 0 Å². The van der Waals surface area contributed by atoms with Crippen molar-refractivity contribution in [2.45, 2.75) is 12.5 Å². The van der Waals surface area contributed by atoms with Crippen LogP contribution in [0.4, 0.5) is 16.2 Å². The van der Waals surface area contributed by atoms with Gasteiger partial charge < -0.3 is 19.7 Å². The molecule has 2 aliphatic rings. The molecular weight excluding hydrogens is 337 g/mol. The number of nitrogens with zero attached hydrogens (tertiary/aromatic N) is 4. The van der Waals surface area contributed by atoms with Gasteiger partial charge in [-0.15, -0.1) is 0 Å². The molecule has 2 aromatic heterocycles. The molecular formula is C18H22FN5O2. The van der Waals surface area contributed by atoms with Crippen molar-refractivity contribution in [1.29, 1.82) is 0 Å². The second-order valence-corrected chi connectivity index (χ2v) is 6.57. The molecule has 4 heterocycles. The molecule has 1 N–H and O–H groups in total. The highest BCUT2D eigenvalue weighted by Gasteiger charge is 2.29. The van der Waals surface area contributed by atoms with Gasteiger partial charge in [0.15, 0.2) is 11.6 Å². The van der Waals surface area contributed by atoms with Crippen LogP contribution in [-0.2, 0) is 15.9 Å². The number of aromatic nitrogens is 3. The minimum atomic E-state index is -0.409. The van der Waals surface area contributed by atoms with E-state index in [0.717, 1.165) is 6.42 Å². The summed E-state index contributed by atoms with van der Waals surface area (Å²) in [5.41, 5.74) is 1.22. The van der Waals surface area contributed by atoms with E-state index < -0.39 is 5.82 Å². The highest BCUT2D eigenvalue weighted by atomic mass is 19.1. The van der Waals surface area contributed by atoms with Crippen LogP contribution < -0.4 is 10.2 Å². The zero-order chi connectivity index (χ0) is 17.8. The Balaban J connectivity index is 1.46. The normalized spacial score (nSPS) is 23.2. The van der Waals surface area contributed by atoms with Crippen LogP contribution in [0.1, 0.15) is 5.56 Å². The predicted octanol–water partition coefficient (Wildman–Crippen LogP) is 1.52. The Labute approximate surface area is 151 Å². The average Bonchev–Trinajstić information content (AvgIpc) is 3.11. The monoisotopic (exact) mass is 359 g/mol. The number of nitrogens with one attached hydrogen (secondary N) is 1. The van der Waals surface area contributed by atoms with E-state index in [2.05, 4.69) is 20.3 Å². The summed E-state index contributed by atoms with van der Waals surface area (Å²) in [6.07, 6.45) is 5.71. The molecule has 26 heavy (non-hydrogen) atoms. The predicted molar refractivity (Wildman–Crippen MR) is 94.7 cm³/mol. The average molecular weight is 359 g/mol. The maximum atomic E-state index is 14.2. The molecule has 2 fully saturated rings. The summed E-state index contributed by atoms with van der Waals surface area (Å²) in [7, 11) is 0. The lowest BCUT2D eigenvalue weighted by atomic mass is 9.95. The number of anilines is 2. The maximum absolute atomic E-state index is 14.2. The van der Waals surface area contributed by atoms with Gasteiger partial charge in [0.05, 0.1) is 38.7 Å². The van der Waals surface area contributed by atoms with Crippen molar-refractivity contribution in [3.63, 3.8) is 0 Å². The summed E-state index contributed by atoms with van der Waals surface area (Å²) < 4.78 is 25.1. The van der Waals surface area contributed by atoms with Crippen LogP contribution in [-0.4, -0.2) is 60.5 Å². The molecule has 0 bridgehead atoms. The van der Waals surface area contributed by atoms with E-state index in [-0.39, 0.29) is 6.04 Å². The van der Waals surface area contributed by atoms with Crippen LogP contribution in [0.5, 0.6) is 0 Å². The first-order valence-electron chi connectivity index (χ1n) is 8.88. The first-order chi connectivity index (χ1) is 12.8. The van der Waals surface area contributed by atoms with Crippen LogP contribution in [0.25, 0.3) is 0 Å². The van der Waals surface area contributed by atoms with Gasteiger partial charge in [0.2, 0.25) is 5.95 Å². The van der Waals surface area contributed by atoms with Crippen molar-refractivity contribution < 1.29 is 13.9 Å². The van der Waals surface area contributed by atoms with Crippen molar-refractivity contribution in [3.8, 4) is 0 Å². The second-order valence-electron chi connectivity index (χ2n) is 6.57. The van der Waals surface area contributed by atoms with E-state index in [9.17, 15) is 4.39 Å². The number of morpholine rings is 1. The summed E-state index contributed by atoms with van der Waals surface area (Å²) in [6.45, 7) is 3.68. The SMILES string of the molecule is Fc1cnc(N[C@@H]2COC[C@H]2Cc2ccncc2)nc1N1CCOCC1. The first kappa shape index (κ1) is 17.1. The fraction of sp³-hybridized carbons (Fsp3) is 0.500. The largest absolute Gasteiger partial charge is 0.379 e. The molecule has 2 saturated heterocycles. The molecule has 0 saturated carbocycles. The molecule has 2 aromatic rings. The summed E-state index contributed by atoms with van der Waals surface area (Å²) in [5, 5.41) is 3.33. The molecule has 0 unspecified atom stereocenters. The van der Waals surface area contributed by atoms with Gasteiger partial charge in [-0.1, -0.05) is 0 Å². The summed E-state index contributed by atoms with van der Waals surface area (Å²) in [6, 6.07) is 4.12. The summed E-state index contributed by atoms with van der Waals surface area (Å²) in [5.74, 6) is 0.657. The van der Waals surface area contributed by atoms with Gasteiger partial charge in [0.25, 0.3) is 0 Å². The molecule has 2 atom stereocenters. The van der Waals surface area contributed by atoms with Crippen LogP contribution in [0, 0.1) is 11.7 Å². The third-order valence-electron chi connectivity index (χ3n) is 4.80. The Morgan fingerprint density at radius 2 is 1.96 bits per heavy atom. The quantitative estimate of drug-likeness (QED) is 0.868. The van der Waals surface area contributed by atoms with Crippen molar-refractivity contribution in [3.05, 3.63) is 42.1 Å². The first-order valence-corrected chi connectivity index (χ1v) is 8.88.